The van der Waals surface area contributed by atoms with Crippen LogP contribution in [-0.2, 0) is 60.7 Å². The minimum atomic E-state index is -3.54. The van der Waals surface area contributed by atoms with E-state index in [1.807, 2.05) is 50.3 Å². The lowest BCUT2D eigenvalue weighted by molar-refractivity contribution is -0.270. The first-order valence-corrected chi connectivity index (χ1v) is 20.4. The third-order valence-corrected chi connectivity index (χ3v) is 10.5. The molecule has 1 aromatic carbocycles. The molecule has 2 fully saturated rings. The van der Waals surface area contributed by atoms with Crippen LogP contribution < -0.4 is 10.6 Å². The zero-order valence-electron chi connectivity index (χ0n) is 30.4. The summed E-state index contributed by atoms with van der Waals surface area (Å²) in [6.45, 7) is -2.19. The van der Waals surface area contributed by atoms with Crippen molar-refractivity contribution >= 4 is 44.3 Å². The molecule has 2 heterocycles. The largest absolute Gasteiger partial charge is 0.508 e. The number of hydrogen-bond donors (Lipinski definition) is 6. The summed E-state index contributed by atoms with van der Waals surface area (Å²) in [5.74, 6) is -0.717. The average Bonchev–Trinajstić information content (AvgIpc) is 3.42. The fourth-order valence-corrected chi connectivity index (χ4v) is 6.97. The first kappa shape index (κ1) is 44.9. The number of nitrogens with one attached hydrogen (secondary N) is 2. The van der Waals surface area contributed by atoms with Gasteiger partial charge in [0, 0.05) is 45.5 Å². The first-order valence-electron chi connectivity index (χ1n) is 17.8. The number of amides is 2. The van der Waals surface area contributed by atoms with Crippen molar-refractivity contribution in [1.82, 2.24) is 10.6 Å². The van der Waals surface area contributed by atoms with Crippen LogP contribution >= 0.6 is 6.72 Å². The van der Waals surface area contributed by atoms with Crippen LogP contribution in [0, 0.1) is 5.92 Å². The van der Waals surface area contributed by atoms with E-state index >= 15 is 0 Å². The lowest BCUT2D eigenvalue weighted by Gasteiger charge is -2.42. The summed E-state index contributed by atoms with van der Waals surface area (Å²) in [6, 6.07) is 7.92. The summed E-state index contributed by atoms with van der Waals surface area (Å²) in [5, 5.41) is 35.3. The summed E-state index contributed by atoms with van der Waals surface area (Å²) in [5.41, 5.74) is 0.820. The van der Waals surface area contributed by atoms with Gasteiger partial charge in [0.15, 0.2) is 6.29 Å². The van der Waals surface area contributed by atoms with Gasteiger partial charge < -0.3 is 63.6 Å². The van der Waals surface area contributed by atoms with E-state index in [2.05, 4.69) is 10.6 Å². The molecule has 2 saturated heterocycles. The molecule has 0 saturated carbocycles. The molecule has 2 aliphatic heterocycles. The van der Waals surface area contributed by atoms with E-state index in [0.29, 0.717) is 32.2 Å². The Kier molecular flexibility index (Phi) is 19.9. The fraction of sp³-hybridized carbons (Fsp3) is 0.676. The normalized spacial score (nSPS) is 28.3. The van der Waals surface area contributed by atoms with Crippen LogP contribution in [0.2, 0.25) is 0 Å². The molecule has 2 unspecified atom stereocenters. The highest BCUT2D eigenvalue weighted by Crippen LogP contribution is 2.48. The Balaban J connectivity index is 1.31. The van der Waals surface area contributed by atoms with Crippen LogP contribution in [0.4, 0.5) is 4.79 Å². The maximum Gasteiger partial charge on any atom is 0.508 e. The van der Waals surface area contributed by atoms with Gasteiger partial charge in [-0.3, -0.25) is 9.59 Å². The number of carbonyl (C=O) groups is 3. The minimum absolute atomic E-state index is 0.0643. The molecule has 0 spiro atoms. The first-order chi connectivity index (χ1) is 25.3. The van der Waals surface area contributed by atoms with E-state index in [1.54, 1.807) is 0 Å². The zero-order valence-corrected chi connectivity index (χ0v) is 32.2. The minimum Gasteiger partial charge on any atom is -0.431 e. The Morgan fingerprint density at radius 3 is 2.47 bits per heavy atom. The smallest absolute Gasteiger partial charge is 0.431 e. The van der Waals surface area contributed by atoms with Gasteiger partial charge in [-0.25, -0.2) is 4.79 Å². The zero-order chi connectivity index (χ0) is 38.8. The molecular formula is C34H54BN2O14PS. The summed E-state index contributed by atoms with van der Waals surface area (Å²) >= 11 is 5.10. The van der Waals surface area contributed by atoms with E-state index in [1.165, 1.54) is 14.0 Å². The third kappa shape index (κ3) is 15.7. The van der Waals surface area contributed by atoms with E-state index in [-0.39, 0.29) is 37.6 Å². The number of allylic oxidation sites excluding steroid dienone is 2. The van der Waals surface area contributed by atoms with E-state index < -0.39 is 68.2 Å². The molecule has 0 aromatic heterocycles. The number of unbranched alkanes of at least 4 members (excludes halogenated alkanes) is 3. The van der Waals surface area contributed by atoms with E-state index in [4.69, 9.17) is 44.5 Å². The number of hydrogen-bond acceptors (Lipinski definition) is 14. The van der Waals surface area contributed by atoms with Crippen LogP contribution in [0.1, 0.15) is 57.4 Å². The van der Waals surface area contributed by atoms with E-state index in [0.717, 1.165) is 24.8 Å². The molecule has 298 valence electrons. The van der Waals surface area contributed by atoms with Crippen LogP contribution in [0.15, 0.2) is 42.5 Å². The molecule has 0 bridgehead atoms. The Morgan fingerprint density at radius 1 is 1.02 bits per heavy atom. The lowest BCUT2D eigenvalue weighted by atomic mass is 9.82. The second-order valence-corrected chi connectivity index (χ2v) is 15.8. The average molecular weight is 789 g/mol. The highest BCUT2D eigenvalue weighted by Gasteiger charge is 2.46. The number of aliphatic hydroxyl groups is 3. The van der Waals surface area contributed by atoms with Crippen LogP contribution in [0.5, 0.6) is 0 Å². The highest BCUT2D eigenvalue weighted by atomic mass is 32.5. The number of aliphatic hydroxyl groups excluding tert-OH is 3. The summed E-state index contributed by atoms with van der Waals surface area (Å²) in [6.07, 6.45) is 1.24. The molecule has 19 heteroatoms. The molecule has 0 radical (unpaired) electrons. The van der Waals surface area contributed by atoms with Gasteiger partial charge in [0.05, 0.1) is 6.61 Å². The SMILES string of the molecule is B[C@@H]1O[C@H](COC(=O)OCc2ccccc2)[C@H](OP(O)(=S)OC)C1C/C=C/CCCCNC(=O)CCCCO[C@@H]1O[C@H](CO)[C@H](O)[C@H](O)[C@H]1NC(C)=O. The molecule has 6 N–H and O–H groups in total. The Labute approximate surface area is 316 Å². The van der Waals surface area contributed by atoms with Crippen molar-refractivity contribution in [3.8, 4) is 0 Å². The second kappa shape index (κ2) is 23.4. The highest BCUT2D eigenvalue weighted by molar-refractivity contribution is 8.07. The molecule has 53 heavy (non-hydrogen) atoms. The molecule has 16 nitrogen and oxygen atoms in total. The summed E-state index contributed by atoms with van der Waals surface area (Å²) < 4.78 is 38.6. The Hall–Kier alpha value is -2.48. The number of benzene rings is 1. The summed E-state index contributed by atoms with van der Waals surface area (Å²) in [7, 11) is 3.15. The lowest BCUT2D eigenvalue weighted by Crippen LogP contribution is -2.64. The fourth-order valence-electron chi connectivity index (χ4n) is 5.98. The van der Waals surface area contributed by atoms with Crippen molar-refractivity contribution in [1.29, 1.82) is 0 Å². The molecule has 2 amide bonds. The van der Waals surface area contributed by atoms with E-state index in [9.17, 15) is 34.6 Å². The molecule has 0 aliphatic carbocycles. The van der Waals surface area contributed by atoms with Gasteiger partial charge in [0.2, 0.25) is 11.8 Å². The quantitative estimate of drug-likeness (QED) is 0.0317. The molecule has 2 aliphatic rings. The van der Waals surface area contributed by atoms with Crippen LogP contribution in [0.25, 0.3) is 0 Å². The van der Waals surface area contributed by atoms with Gasteiger partial charge in [-0.1, -0.05) is 42.5 Å². The second-order valence-electron chi connectivity index (χ2n) is 12.9. The number of ether oxygens (including phenoxy) is 5. The van der Waals surface area contributed by atoms with Gasteiger partial charge in [0.1, 0.15) is 57.6 Å². The predicted octanol–water partition coefficient (Wildman–Crippen LogP) is 0.926. The molecule has 3 rings (SSSR count). The van der Waals surface area contributed by atoms with Crippen molar-refractivity contribution in [2.45, 2.75) is 107 Å². The monoisotopic (exact) mass is 788 g/mol. The topological polar surface area (TPSA) is 221 Å². The maximum absolute atomic E-state index is 12.3. The van der Waals surface area contributed by atoms with Crippen LogP contribution in [-0.4, -0.2) is 128 Å². The number of carbonyl (C=O) groups excluding carboxylic acids is 3. The third-order valence-electron chi connectivity index (χ3n) is 8.86. The van der Waals surface area contributed by atoms with Gasteiger partial charge >= 0.3 is 12.9 Å². The Bertz CT molecular complexity index is 1350. The molecule has 10 atom stereocenters. The number of rotatable bonds is 22. The van der Waals surface area contributed by atoms with Gasteiger partial charge in [0.25, 0.3) is 0 Å². The van der Waals surface area contributed by atoms with Gasteiger partial charge in [-0.15, -0.1) is 0 Å². The van der Waals surface area contributed by atoms with Crippen molar-refractivity contribution < 1.29 is 67.3 Å². The molecule has 1 aromatic rings. The maximum atomic E-state index is 12.3. The van der Waals surface area contributed by atoms with Crippen LogP contribution in [0.3, 0.4) is 0 Å². The van der Waals surface area contributed by atoms with Gasteiger partial charge in [-0.05, 0) is 55.9 Å². The van der Waals surface area contributed by atoms with Crippen molar-refractivity contribution in [2.75, 3.05) is 33.5 Å². The summed E-state index contributed by atoms with van der Waals surface area (Å²) in [4.78, 5) is 46.5. The van der Waals surface area contributed by atoms with Crippen molar-refractivity contribution in [2.24, 2.45) is 5.92 Å². The van der Waals surface area contributed by atoms with Crippen molar-refractivity contribution in [3.05, 3.63) is 48.0 Å². The predicted molar refractivity (Wildman–Crippen MR) is 197 cm³/mol. The van der Waals surface area contributed by atoms with Gasteiger partial charge in [-0.2, -0.15) is 0 Å². The standard InChI is InChI=1S/C34H54BN2O14PS/c1-22(39)37-28-30(42)29(41)25(19-38)50-33(28)46-18-12-10-16-27(40)36-17-11-5-3-4-9-15-24-31(51-52(44,53)45-2)26(49-32(24)35)21-48-34(43)47-20-23-13-7-6-8-14-23/h4,6-9,13-14,24-26,28-33,38,41-42H,3,5,10-12,15-21,35H2,1-2H3,(H,36,40)(H,37,39)(H,44,53)/b9-4+/t24?,25-,26-,28-,29+,30-,31-,32-,33-,52?/m1/s1. The molecular weight excluding hydrogens is 734 g/mol. The van der Waals surface area contributed by atoms with Crippen molar-refractivity contribution in [3.63, 3.8) is 0 Å². The Morgan fingerprint density at radius 2 is 1.77 bits per heavy atom.